The summed E-state index contributed by atoms with van der Waals surface area (Å²) in [6.45, 7) is 2.94. The fourth-order valence-corrected chi connectivity index (χ4v) is 2.34. The smallest absolute Gasteiger partial charge is 0.190 e. The van der Waals surface area contributed by atoms with Crippen molar-refractivity contribution in [2.45, 2.75) is 45.6 Å². The zero-order valence-electron chi connectivity index (χ0n) is 13.4. The Hall–Kier alpha value is -2.48. The van der Waals surface area contributed by atoms with Crippen LogP contribution in [0.25, 0.3) is 12.2 Å². The average Bonchev–Trinajstić information content (AvgIpc) is 2.96. The van der Waals surface area contributed by atoms with Gasteiger partial charge in [0.1, 0.15) is 11.9 Å². The number of aromatic nitrogens is 3. The summed E-state index contributed by atoms with van der Waals surface area (Å²) in [6.07, 6.45) is 9.51. The topological polar surface area (TPSA) is 54.5 Å². The van der Waals surface area contributed by atoms with Gasteiger partial charge in [-0.1, -0.05) is 56.0 Å². The lowest BCUT2D eigenvalue weighted by Gasteiger charge is -2.03. The molecule has 0 unspecified atom stereocenters. The van der Waals surface area contributed by atoms with E-state index >= 15 is 0 Å². The van der Waals surface area contributed by atoms with Gasteiger partial charge < -0.3 is 0 Å². The van der Waals surface area contributed by atoms with Gasteiger partial charge in [-0.25, -0.2) is 9.07 Å². The van der Waals surface area contributed by atoms with E-state index in [0.29, 0.717) is 11.4 Å². The molecule has 1 aromatic heterocycles. The Morgan fingerprint density at radius 3 is 2.57 bits per heavy atom. The first-order chi connectivity index (χ1) is 11.2. The van der Waals surface area contributed by atoms with Crippen LogP contribution >= 0.6 is 0 Å². The molecule has 4 nitrogen and oxygen atoms in total. The van der Waals surface area contributed by atoms with Crippen molar-refractivity contribution in [2.75, 3.05) is 0 Å². The van der Waals surface area contributed by atoms with Crippen molar-refractivity contribution in [2.24, 2.45) is 0 Å². The van der Waals surface area contributed by atoms with Crippen LogP contribution in [0.2, 0.25) is 0 Å². The standard InChI is InChI=1S/C18H21FN4/c1-2-3-4-5-6-13-23-18(17(14-20)21-22-23)12-9-15-7-10-16(19)11-8-15/h7-12H,2-6,13H2,1H3/b12-9+. The van der Waals surface area contributed by atoms with Gasteiger partial charge in [-0.15, -0.1) is 5.10 Å². The lowest BCUT2D eigenvalue weighted by Crippen LogP contribution is -2.03. The molecule has 5 heteroatoms. The zero-order valence-corrected chi connectivity index (χ0v) is 13.4. The number of nitrogens with zero attached hydrogens (tertiary/aromatic N) is 4. The number of hydrogen-bond acceptors (Lipinski definition) is 3. The van der Waals surface area contributed by atoms with Gasteiger partial charge in [0.05, 0.1) is 5.69 Å². The van der Waals surface area contributed by atoms with Gasteiger partial charge in [-0.2, -0.15) is 5.26 Å². The highest BCUT2D eigenvalue weighted by atomic mass is 19.1. The van der Waals surface area contributed by atoms with Gasteiger partial charge in [-0.3, -0.25) is 0 Å². The van der Waals surface area contributed by atoms with Crippen LogP contribution in [0.5, 0.6) is 0 Å². The monoisotopic (exact) mass is 312 g/mol. The molecule has 0 spiro atoms. The van der Waals surface area contributed by atoms with E-state index in [0.717, 1.165) is 24.9 Å². The molecule has 0 radical (unpaired) electrons. The highest BCUT2D eigenvalue weighted by Gasteiger charge is 2.09. The van der Waals surface area contributed by atoms with Crippen molar-refractivity contribution < 1.29 is 4.39 Å². The number of halogens is 1. The van der Waals surface area contributed by atoms with Crippen LogP contribution in [-0.2, 0) is 6.54 Å². The summed E-state index contributed by atoms with van der Waals surface area (Å²) in [5.74, 6) is -0.265. The highest BCUT2D eigenvalue weighted by molar-refractivity contribution is 5.69. The average molecular weight is 312 g/mol. The van der Waals surface area contributed by atoms with Gasteiger partial charge in [0.2, 0.25) is 0 Å². The Balaban J connectivity index is 2.06. The first kappa shape index (κ1) is 16.9. The lowest BCUT2D eigenvalue weighted by atomic mass is 10.1. The highest BCUT2D eigenvalue weighted by Crippen LogP contribution is 2.13. The second-order valence-corrected chi connectivity index (χ2v) is 5.46. The molecule has 120 valence electrons. The third kappa shape index (κ3) is 5.03. The van der Waals surface area contributed by atoms with Crippen molar-refractivity contribution in [3.05, 3.63) is 47.0 Å². The van der Waals surface area contributed by atoms with Gasteiger partial charge in [-0.05, 0) is 30.2 Å². The van der Waals surface area contributed by atoms with Crippen molar-refractivity contribution >= 4 is 12.2 Å². The molecule has 0 aliphatic carbocycles. The third-order valence-electron chi connectivity index (χ3n) is 3.66. The van der Waals surface area contributed by atoms with Crippen LogP contribution in [0.1, 0.15) is 56.0 Å². The maximum absolute atomic E-state index is 12.9. The molecule has 0 aliphatic heterocycles. The number of hydrogen-bond donors (Lipinski definition) is 0. The molecule has 0 N–H and O–H groups in total. The molecular formula is C18H21FN4. The summed E-state index contributed by atoms with van der Waals surface area (Å²) in [6, 6.07) is 8.27. The fraction of sp³-hybridized carbons (Fsp3) is 0.389. The van der Waals surface area contributed by atoms with E-state index in [4.69, 9.17) is 5.26 Å². The van der Waals surface area contributed by atoms with Crippen molar-refractivity contribution in [3.63, 3.8) is 0 Å². The summed E-state index contributed by atoms with van der Waals surface area (Å²) >= 11 is 0. The lowest BCUT2D eigenvalue weighted by molar-refractivity contribution is 0.518. The minimum Gasteiger partial charge on any atom is -0.244 e. The molecule has 0 bridgehead atoms. The molecule has 1 heterocycles. The quantitative estimate of drug-likeness (QED) is 0.678. The predicted molar refractivity (Wildman–Crippen MR) is 88.8 cm³/mol. The second-order valence-electron chi connectivity index (χ2n) is 5.46. The number of unbranched alkanes of at least 4 members (excludes halogenated alkanes) is 4. The van der Waals surface area contributed by atoms with Crippen LogP contribution in [0.3, 0.4) is 0 Å². The zero-order chi connectivity index (χ0) is 16.5. The Labute approximate surface area is 136 Å². The van der Waals surface area contributed by atoms with Crippen LogP contribution in [0.15, 0.2) is 24.3 Å². The summed E-state index contributed by atoms with van der Waals surface area (Å²) < 4.78 is 14.7. The third-order valence-corrected chi connectivity index (χ3v) is 3.66. The maximum Gasteiger partial charge on any atom is 0.190 e. The SMILES string of the molecule is CCCCCCCn1nnc(C#N)c1/C=C/c1ccc(F)cc1. The molecule has 0 saturated heterocycles. The van der Waals surface area contributed by atoms with Gasteiger partial charge in [0.25, 0.3) is 0 Å². The first-order valence-electron chi connectivity index (χ1n) is 8.02. The van der Waals surface area contributed by atoms with E-state index in [-0.39, 0.29) is 5.82 Å². The minimum atomic E-state index is -0.265. The Kier molecular flexibility index (Phi) is 6.49. The Bertz CT molecular complexity index is 680. The van der Waals surface area contributed by atoms with E-state index in [1.165, 1.54) is 31.4 Å². The molecule has 23 heavy (non-hydrogen) atoms. The summed E-state index contributed by atoms with van der Waals surface area (Å²) in [7, 11) is 0. The van der Waals surface area contributed by atoms with Crippen molar-refractivity contribution in [1.29, 1.82) is 5.26 Å². The molecule has 1 aromatic carbocycles. The Morgan fingerprint density at radius 1 is 1.13 bits per heavy atom. The molecule has 0 amide bonds. The second kappa shape index (κ2) is 8.84. The fourth-order valence-electron chi connectivity index (χ4n) is 2.34. The van der Waals surface area contributed by atoms with E-state index in [2.05, 4.69) is 23.3 Å². The van der Waals surface area contributed by atoms with E-state index in [1.807, 2.05) is 12.2 Å². The normalized spacial score (nSPS) is 11.0. The van der Waals surface area contributed by atoms with Crippen LogP contribution in [0, 0.1) is 17.1 Å². The summed E-state index contributed by atoms with van der Waals surface area (Å²) in [5, 5.41) is 17.1. The first-order valence-corrected chi connectivity index (χ1v) is 8.02. The molecular weight excluding hydrogens is 291 g/mol. The van der Waals surface area contributed by atoms with Crippen LogP contribution in [0.4, 0.5) is 4.39 Å². The predicted octanol–water partition coefficient (Wildman–Crippen LogP) is 4.43. The van der Waals surface area contributed by atoms with E-state index in [1.54, 1.807) is 16.8 Å². The molecule has 0 fully saturated rings. The summed E-state index contributed by atoms with van der Waals surface area (Å²) in [5.41, 5.74) is 1.88. The number of benzene rings is 1. The van der Waals surface area contributed by atoms with Gasteiger partial charge in [0, 0.05) is 6.54 Å². The maximum atomic E-state index is 12.9. The minimum absolute atomic E-state index is 0.265. The summed E-state index contributed by atoms with van der Waals surface area (Å²) in [4.78, 5) is 0. The van der Waals surface area contributed by atoms with E-state index in [9.17, 15) is 4.39 Å². The number of nitriles is 1. The number of aryl methyl sites for hydroxylation is 1. The molecule has 0 saturated carbocycles. The Morgan fingerprint density at radius 2 is 1.87 bits per heavy atom. The van der Waals surface area contributed by atoms with Crippen molar-refractivity contribution in [3.8, 4) is 6.07 Å². The largest absolute Gasteiger partial charge is 0.244 e. The molecule has 2 rings (SSSR count). The van der Waals surface area contributed by atoms with Crippen LogP contribution < -0.4 is 0 Å². The van der Waals surface area contributed by atoms with Crippen LogP contribution in [-0.4, -0.2) is 15.0 Å². The van der Waals surface area contributed by atoms with E-state index < -0.39 is 0 Å². The van der Waals surface area contributed by atoms with Gasteiger partial charge in [0.15, 0.2) is 5.69 Å². The van der Waals surface area contributed by atoms with Crippen molar-refractivity contribution in [1.82, 2.24) is 15.0 Å². The molecule has 0 atom stereocenters. The molecule has 0 aliphatic rings. The van der Waals surface area contributed by atoms with Gasteiger partial charge >= 0.3 is 0 Å². The molecule has 2 aromatic rings. The number of rotatable bonds is 8.